The average molecular weight is 250 g/mol. The van der Waals surface area contributed by atoms with Crippen LogP contribution in [0.2, 0.25) is 0 Å². The molecule has 1 aromatic rings. The van der Waals surface area contributed by atoms with E-state index in [0.717, 1.165) is 19.3 Å². The van der Waals surface area contributed by atoms with E-state index in [2.05, 4.69) is 0 Å². The zero-order valence-corrected chi connectivity index (χ0v) is 9.00. The first-order chi connectivity index (χ1) is 8.04. The lowest BCUT2D eigenvalue weighted by atomic mass is 9.83. The summed E-state index contributed by atoms with van der Waals surface area (Å²) in [7, 11) is 0. The van der Waals surface area contributed by atoms with E-state index in [0.29, 0.717) is 12.8 Å². The molecule has 0 aliphatic heterocycles. The Balaban J connectivity index is 2.52. The molecule has 94 valence electrons. The third-order valence-corrected chi connectivity index (χ3v) is 3.26. The molecule has 0 bridgehead atoms. The van der Waals surface area contributed by atoms with Gasteiger partial charge < -0.3 is 0 Å². The van der Waals surface area contributed by atoms with Crippen LogP contribution in [0.1, 0.15) is 43.6 Å². The minimum atomic E-state index is -2.08. The Morgan fingerprint density at radius 1 is 0.588 bits per heavy atom. The molecule has 0 aromatic heterocycles. The molecule has 0 heterocycles. The predicted molar refractivity (Wildman–Crippen MR) is 52.1 cm³/mol. The van der Waals surface area contributed by atoms with Gasteiger partial charge in [0, 0.05) is 5.56 Å². The zero-order valence-electron chi connectivity index (χ0n) is 9.00. The maximum Gasteiger partial charge on any atom is 0.200 e. The van der Waals surface area contributed by atoms with Gasteiger partial charge in [-0.15, -0.1) is 0 Å². The van der Waals surface area contributed by atoms with Crippen LogP contribution in [0.25, 0.3) is 0 Å². The Kier molecular flexibility index (Phi) is 3.35. The highest BCUT2D eigenvalue weighted by Gasteiger charge is 2.30. The average Bonchev–Trinajstić information content (AvgIpc) is 2.36. The topological polar surface area (TPSA) is 0 Å². The smallest absolute Gasteiger partial charge is 0.200 e. The van der Waals surface area contributed by atoms with Crippen molar-refractivity contribution >= 4 is 0 Å². The summed E-state index contributed by atoms with van der Waals surface area (Å²) in [5, 5.41) is 0. The van der Waals surface area contributed by atoms with Crippen molar-refractivity contribution < 1.29 is 22.0 Å². The van der Waals surface area contributed by atoms with Gasteiger partial charge in [0.25, 0.3) is 0 Å². The largest absolute Gasteiger partial charge is 0.203 e. The molecule has 1 aliphatic rings. The maximum absolute atomic E-state index is 13.5. The standard InChI is InChI=1S/C12H11F5/c13-8-7(6-4-2-1-3-5-6)9(14)11(16)12(17)10(8)15/h6H,1-5H2. The lowest BCUT2D eigenvalue weighted by Crippen LogP contribution is -2.13. The van der Waals surface area contributed by atoms with E-state index >= 15 is 0 Å². The van der Waals surface area contributed by atoms with Crippen LogP contribution in [0.15, 0.2) is 0 Å². The normalized spacial score (nSPS) is 17.5. The number of rotatable bonds is 1. The van der Waals surface area contributed by atoms with Crippen molar-refractivity contribution in [2.24, 2.45) is 0 Å². The highest BCUT2D eigenvalue weighted by molar-refractivity contribution is 5.27. The summed E-state index contributed by atoms with van der Waals surface area (Å²) in [4.78, 5) is 0. The van der Waals surface area contributed by atoms with Crippen LogP contribution in [0.5, 0.6) is 0 Å². The van der Waals surface area contributed by atoms with Gasteiger partial charge in [-0.25, -0.2) is 22.0 Å². The summed E-state index contributed by atoms with van der Waals surface area (Å²) in [5.41, 5.74) is -0.638. The Labute approximate surface area is 95.4 Å². The van der Waals surface area contributed by atoms with Gasteiger partial charge in [0.2, 0.25) is 5.82 Å². The van der Waals surface area contributed by atoms with E-state index in [9.17, 15) is 22.0 Å². The van der Waals surface area contributed by atoms with Crippen LogP contribution >= 0.6 is 0 Å². The third kappa shape index (κ3) is 2.03. The van der Waals surface area contributed by atoms with Crippen molar-refractivity contribution in [3.05, 3.63) is 34.6 Å². The molecule has 1 aromatic carbocycles. The molecule has 17 heavy (non-hydrogen) atoms. The number of halogens is 5. The Morgan fingerprint density at radius 2 is 1.00 bits per heavy atom. The molecule has 0 nitrogen and oxygen atoms in total. The molecule has 5 heteroatoms. The summed E-state index contributed by atoms with van der Waals surface area (Å²) in [6.45, 7) is 0. The highest BCUT2D eigenvalue weighted by atomic mass is 19.2. The Hall–Kier alpha value is -1.13. The molecule has 0 atom stereocenters. The van der Waals surface area contributed by atoms with E-state index in [1.54, 1.807) is 0 Å². The molecular weight excluding hydrogens is 239 g/mol. The van der Waals surface area contributed by atoms with Gasteiger partial charge in [-0.3, -0.25) is 0 Å². The Morgan fingerprint density at radius 3 is 1.47 bits per heavy atom. The van der Waals surface area contributed by atoms with Crippen LogP contribution in [0.4, 0.5) is 22.0 Å². The van der Waals surface area contributed by atoms with Gasteiger partial charge in [-0.05, 0) is 18.8 Å². The van der Waals surface area contributed by atoms with Gasteiger partial charge in [0.05, 0.1) is 0 Å². The lowest BCUT2D eigenvalue weighted by Gasteiger charge is -2.23. The number of hydrogen-bond donors (Lipinski definition) is 0. The molecule has 0 amide bonds. The second kappa shape index (κ2) is 4.63. The summed E-state index contributed by atoms with van der Waals surface area (Å²) < 4.78 is 65.8. The second-order valence-corrected chi connectivity index (χ2v) is 4.32. The molecule has 0 spiro atoms. The first kappa shape index (κ1) is 12.3. The van der Waals surface area contributed by atoms with Crippen molar-refractivity contribution in [3.8, 4) is 0 Å². The van der Waals surface area contributed by atoms with Crippen LogP contribution < -0.4 is 0 Å². The van der Waals surface area contributed by atoms with E-state index in [1.807, 2.05) is 0 Å². The molecule has 0 radical (unpaired) electrons. The SMILES string of the molecule is Fc1c(F)c(F)c(C2CCCCC2)c(F)c1F. The maximum atomic E-state index is 13.5. The molecule has 1 fully saturated rings. The molecule has 0 unspecified atom stereocenters. The molecular formula is C12H11F5. The summed E-state index contributed by atoms with van der Waals surface area (Å²) in [6.07, 6.45) is 3.39. The van der Waals surface area contributed by atoms with Crippen molar-refractivity contribution in [2.75, 3.05) is 0 Å². The summed E-state index contributed by atoms with van der Waals surface area (Å²) in [6, 6.07) is 0. The van der Waals surface area contributed by atoms with Gasteiger partial charge in [-0.1, -0.05) is 19.3 Å². The minimum absolute atomic E-state index is 0.471. The van der Waals surface area contributed by atoms with E-state index in [1.165, 1.54) is 0 Å². The molecule has 1 aliphatic carbocycles. The van der Waals surface area contributed by atoms with Gasteiger partial charge in [-0.2, -0.15) is 0 Å². The zero-order chi connectivity index (χ0) is 12.6. The van der Waals surface area contributed by atoms with Crippen molar-refractivity contribution in [2.45, 2.75) is 38.0 Å². The summed E-state index contributed by atoms with van der Waals surface area (Å²) >= 11 is 0. The van der Waals surface area contributed by atoms with E-state index < -0.39 is 40.6 Å². The van der Waals surface area contributed by atoms with E-state index in [-0.39, 0.29) is 0 Å². The molecule has 2 rings (SSSR count). The van der Waals surface area contributed by atoms with Gasteiger partial charge in [0.15, 0.2) is 23.3 Å². The number of hydrogen-bond acceptors (Lipinski definition) is 0. The predicted octanol–water partition coefficient (Wildman–Crippen LogP) is 4.43. The molecule has 0 saturated heterocycles. The molecule has 1 saturated carbocycles. The van der Waals surface area contributed by atoms with Gasteiger partial charge >= 0.3 is 0 Å². The van der Waals surface area contributed by atoms with Crippen molar-refractivity contribution in [1.29, 1.82) is 0 Å². The van der Waals surface area contributed by atoms with Crippen molar-refractivity contribution in [1.82, 2.24) is 0 Å². The highest BCUT2D eigenvalue weighted by Crippen LogP contribution is 2.37. The third-order valence-electron chi connectivity index (χ3n) is 3.26. The number of benzene rings is 1. The summed E-state index contributed by atoms with van der Waals surface area (Å²) in [5.74, 6) is -9.68. The van der Waals surface area contributed by atoms with Gasteiger partial charge in [0.1, 0.15) is 0 Å². The van der Waals surface area contributed by atoms with Crippen LogP contribution in [0.3, 0.4) is 0 Å². The van der Waals surface area contributed by atoms with Crippen LogP contribution in [-0.4, -0.2) is 0 Å². The monoisotopic (exact) mass is 250 g/mol. The Bertz CT molecular complexity index is 406. The van der Waals surface area contributed by atoms with Crippen LogP contribution in [-0.2, 0) is 0 Å². The van der Waals surface area contributed by atoms with Crippen molar-refractivity contribution in [3.63, 3.8) is 0 Å². The first-order valence-corrected chi connectivity index (χ1v) is 5.55. The fraction of sp³-hybridized carbons (Fsp3) is 0.500. The molecule has 0 N–H and O–H groups in total. The minimum Gasteiger partial charge on any atom is -0.203 e. The van der Waals surface area contributed by atoms with E-state index in [4.69, 9.17) is 0 Å². The first-order valence-electron chi connectivity index (χ1n) is 5.55. The fourth-order valence-electron chi connectivity index (χ4n) is 2.37. The van der Waals surface area contributed by atoms with Crippen LogP contribution in [0, 0.1) is 29.1 Å². The lowest BCUT2D eigenvalue weighted by molar-refractivity contribution is 0.347. The second-order valence-electron chi connectivity index (χ2n) is 4.32. The quantitative estimate of drug-likeness (QED) is 0.393. The fourth-order valence-corrected chi connectivity index (χ4v) is 2.37.